The largest absolute Gasteiger partial charge is 0.493 e. The van der Waals surface area contributed by atoms with Crippen molar-refractivity contribution >= 4 is 0 Å². The van der Waals surface area contributed by atoms with Gasteiger partial charge in [-0.3, -0.25) is 4.90 Å². The maximum Gasteiger partial charge on any atom is 0.165 e. The number of aromatic nitrogens is 1. The first-order valence-corrected chi connectivity index (χ1v) is 9.55. The van der Waals surface area contributed by atoms with Crippen LogP contribution in [-0.2, 0) is 13.1 Å². The summed E-state index contributed by atoms with van der Waals surface area (Å²) < 4.78 is 27.0. The maximum absolute atomic E-state index is 13.4. The highest BCUT2D eigenvalue weighted by atomic mass is 19.1. The number of halogens is 1. The highest BCUT2D eigenvalue weighted by Crippen LogP contribution is 2.41. The van der Waals surface area contributed by atoms with Gasteiger partial charge >= 0.3 is 0 Å². The molecule has 0 fully saturated rings. The van der Waals surface area contributed by atoms with Gasteiger partial charge in [-0.25, -0.2) is 4.39 Å². The summed E-state index contributed by atoms with van der Waals surface area (Å²) in [4.78, 5) is 2.43. The lowest BCUT2D eigenvalue weighted by Crippen LogP contribution is -2.29. The lowest BCUT2D eigenvalue weighted by Gasteiger charge is -2.32. The molecule has 1 aliphatic rings. The SMILES string of the molecule is COc1cccc([C@H]2c3cccn3CCCN2Cc2ccc(F)cc2)c1OC. The second kappa shape index (κ2) is 8.07. The number of para-hydroxylation sites is 1. The van der Waals surface area contributed by atoms with Crippen LogP contribution in [0.25, 0.3) is 0 Å². The molecule has 2 heterocycles. The molecule has 4 rings (SSSR count). The van der Waals surface area contributed by atoms with Gasteiger partial charge in [-0.15, -0.1) is 0 Å². The molecule has 4 nitrogen and oxygen atoms in total. The number of hydrogen-bond donors (Lipinski definition) is 0. The fourth-order valence-corrected chi connectivity index (χ4v) is 4.12. The molecule has 0 bridgehead atoms. The predicted molar refractivity (Wildman–Crippen MR) is 107 cm³/mol. The van der Waals surface area contributed by atoms with Gasteiger partial charge in [0, 0.05) is 37.1 Å². The van der Waals surface area contributed by atoms with E-state index in [-0.39, 0.29) is 11.9 Å². The Morgan fingerprint density at radius 1 is 0.964 bits per heavy atom. The van der Waals surface area contributed by atoms with Crippen LogP contribution in [0.15, 0.2) is 60.8 Å². The minimum atomic E-state index is -0.209. The van der Waals surface area contributed by atoms with E-state index in [4.69, 9.17) is 9.47 Å². The molecule has 0 N–H and O–H groups in total. The Labute approximate surface area is 165 Å². The van der Waals surface area contributed by atoms with Crippen molar-refractivity contribution in [3.05, 3.63) is 83.4 Å². The molecule has 0 saturated heterocycles. The first-order valence-electron chi connectivity index (χ1n) is 9.55. The zero-order valence-corrected chi connectivity index (χ0v) is 16.3. The molecule has 0 aliphatic carbocycles. The number of ether oxygens (including phenoxy) is 2. The van der Waals surface area contributed by atoms with Gasteiger partial charge < -0.3 is 14.0 Å². The lowest BCUT2D eigenvalue weighted by molar-refractivity contribution is 0.215. The molecule has 0 spiro atoms. The zero-order valence-electron chi connectivity index (χ0n) is 16.3. The first kappa shape index (κ1) is 18.6. The van der Waals surface area contributed by atoms with Gasteiger partial charge in [0.15, 0.2) is 11.5 Å². The molecule has 1 aliphatic heterocycles. The highest BCUT2D eigenvalue weighted by molar-refractivity contribution is 5.50. The Kier molecular flexibility index (Phi) is 5.35. The summed E-state index contributed by atoms with van der Waals surface area (Å²) in [5.41, 5.74) is 3.39. The van der Waals surface area contributed by atoms with Crippen LogP contribution in [0, 0.1) is 5.82 Å². The Morgan fingerprint density at radius 2 is 1.79 bits per heavy atom. The third-order valence-electron chi connectivity index (χ3n) is 5.38. The summed E-state index contributed by atoms with van der Waals surface area (Å²) >= 11 is 0. The molecule has 0 unspecified atom stereocenters. The van der Waals surface area contributed by atoms with Crippen molar-refractivity contribution in [2.75, 3.05) is 20.8 Å². The van der Waals surface area contributed by atoms with Crippen molar-refractivity contribution in [1.82, 2.24) is 9.47 Å². The van der Waals surface area contributed by atoms with Crippen LogP contribution < -0.4 is 9.47 Å². The average molecular weight is 380 g/mol. The van der Waals surface area contributed by atoms with Gasteiger partial charge in [0.05, 0.1) is 20.3 Å². The molecule has 28 heavy (non-hydrogen) atoms. The number of rotatable bonds is 5. The number of aryl methyl sites for hydroxylation is 1. The monoisotopic (exact) mass is 380 g/mol. The van der Waals surface area contributed by atoms with Gasteiger partial charge in [-0.2, -0.15) is 0 Å². The van der Waals surface area contributed by atoms with Crippen molar-refractivity contribution in [3.8, 4) is 11.5 Å². The zero-order chi connectivity index (χ0) is 19.5. The fourth-order valence-electron chi connectivity index (χ4n) is 4.12. The summed E-state index contributed by atoms with van der Waals surface area (Å²) in [6.07, 6.45) is 3.18. The number of methoxy groups -OCH3 is 2. The molecule has 3 aromatic rings. The Hall–Kier alpha value is -2.79. The van der Waals surface area contributed by atoms with Gasteiger partial charge in [0.2, 0.25) is 0 Å². The van der Waals surface area contributed by atoms with Gasteiger partial charge in [0.1, 0.15) is 5.82 Å². The number of benzene rings is 2. The summed E-state index contributed by atoms with van der Waals surface area (Å²) in [5.74, 6) is 1.28. The number of hydrogen-bond acceptors (Lipinski definition) is 3. The van der Waals surface area contributed by atoms with E-state index in [1.54, 1.807) is 14.2 Å². The topological polar surface area (TPSA) is 26.6 Å². The first-order chi connectivity index (χ1) is 13.7. The second-order valence-electron chi connectivity index (χ2n) is 7.06. The lowest BCUT2D eigenvalue weighted by atomic mass is 9.99. The van der Waals surface area contributed by atoms with E-state index in [9.17, 15) is 4.39 Å². The van der Waals surface area contributed by atoms with Crippen molar-refractivity contribution in [2.45, 2.75) is 25.6 Å². The quantitative estimate of drug-likeness (QED) is 0.645. The second-order valence-corrected chi connectivity index (χ2v) is 7.06. The van der Waals surface area contributed by atoms with Crippen LogP contribution in [0.2, 0.25) is 0 Å². The molecule has 146 valence electrons. The molecule has 0 amide bonds. The Morgan fingerprint density at radius 3 is 2.54 bits per heavy atom. The minimum absolute atomic E-state index is 0.0209. The predicted octanol–water partition coefficient (Wildman–Crippen LogP) is 4.64. The molecule has 1 aromatic heterocycles. The van der Waals surface area contributed by atoms with Crippen molar-refractivity contribution in [2.24, 2.45) is 0 Å². The minimum Gasteiger partial charge on any atom is -0.493 e. The molecule has 0 saturated carbocycles. The van der Waals surface area contributed by atoms with Crippen molar-refractivity contribution < 1.29 is 13.9 Å². The Balaban J connectivity index is 1.80. The van der Waals surface area contributed by atoms with Gasteiger partial charge in [-0.1, -0.05) is 24.3 Å². The molecule has 1 atom stereocenters. The van der Waals surface area contributed by atoms with E-state index in [0.29, 0.717) is 0 Å². The fraction of sp³-hybridized carbons (Fsp3) is 0.304. The summed E-state index contributed by atoms with van der Waals surface area (Å²) in [7, 11) is 3.34. The molecule has 0 radical (unpaired) electrons. The van der Waals surface area contributed by atoms with Crippen LogP contribution in [0.4, 0.5) is 4.39 Å². The van der Waals surface area contributed by atoms with E-state index in [2.05, 4.69) is 33.9 Å². The maximum atomic E-state index is 13.4. The van der Waals surface area contributed by atoms with Crippen LogP contribution in [0.3, 0.4) is 0 Å². The molecule has 2 aromatic carbocycles. The summed E-state index contributed by atoms with van der Waals surface area (Å²) in [5, 5.41) is 0. The highest BCUT2D eigenvalue weighted by Gasteiger charge is 2.30. The van der Waals surface area contributed by atoms with Crippen LogP contribution in [0.5, 0.6) is 11.5 Å². The third kappa shape index (κ3) is 3.50. The number of nitrogens with zero attached hydrogens (tertiary/aromatic N) is 2. The number of fused-ring (bicyclic) bond motifs is 1. The van der Waals surface area contributed by atoms with E-state index in [1.807, 2.05) is 24.3 Å². The van der Waals surface area contributed by atoms with E-state index in [0.717, 1.165) is 48.7 Å². The van der Waals surface area contributed by atoms with Crippen molar-refractivity contribution in [1.29, 1.82) is 0 Å². The third-order valence-corrected chi connectivity index (χ3v) is 5.38. The van der Waals surface area contributed by atoms with Crippen molar-refractivity contribution in [3.63, 3.8) is 0 Å². The van der Waals surface area contributed by atoms with Crippen LogP contribution in [0.1, 0.15) is 29.3 Å². The molecule has 5 heteroatoms. The van der Waals surface area contributed by atoms with Crippen LogP contribution >= 0.6 is 0 Å². The van der Waals surface area contributed by atoms with Crippen LogP contribution in [-0.4, -0.2) is 30.2 Å². The van der Waals surface area contributed by atoms with Gasteiger partial charge in [0.25, 0.3) is 0 Å². The van der Waals surface area contributed by atoms with E-state index >= 15 is 0 Å². The summed E-state index contributed by atoms with van der Waals surface area (Å²) in [6, 6.07) is 17.1. The Bertz CT molecular complexity index is 936. The van der Waals surface area contributed by atoms with Gasteiger partial charge in [-0.05, 0) is 42.3 Å². The molecular formula is C23H25FN2O2. The summed E-state index contributed by atoms with van der Waals surface area (Å²) in [6.45, 7) is 2.64. The van der Waals surface area contributed by atoms with E-state index < -0.39 is 0 Å². The van der Waals surface area contributed by atoms with E-state index in [1.165, 1.54) is 17.8 Å². The smallest absolute Gasteiger partial charge is 0.165 e. The molecular weight excluding hydrogens is 355 g/mol. The average Bonchev–Trinajstić information content (AvgIpc) is 3.10. The standard InChI is InChI=1S/C23H25FN2O2/c1-27-21-8-3-6-19(23(21)28-2)22-20-7-4-13-25(20)14-5-15-26(22)16-17-9-11-18(24)12-10-17/h3-4,6-13,22H,5,14-16H2,1-2H3/t22-/m0/s1. The normalized spacial score (nSPS) is 17.0.